The maximum absolute atomic E-state index is 12.5. The summed E-state index contributed by atoms with van der Waals surface area (Å²) in [7, 11) is 0. The van der Waals surface area contributed by atoms with E-state index >= 15 is 0 Å². The number of hydrogen-bond donors (Lipinski definition) is 1. The van der Waals surface area contributed by atoms with E-state index in [4.69, 9.17) is 4.52 Å². The largest absolute Gasteiger partial charge is 0.339 e. The normalized spacial score (nSPS) is 10.7. The first-order valence-corrected chi connectivity index (χ1v) is 10.6. The van der Waals surface area contributed by atoms with Gasteiger partial charge in [-0.1, -0.05) is 42.4 Å². The highest BCUT2D eigenvalue weighted by molar-refractivity contribution is 5.97. The molecule has 1 heterocycles. The van der Waals surface area contributed by atoms with E-state index < -0.39 is 0 Å². The molecule has 0 aliphatic carbocycles. The minimum atomic E-state index is -0.181. The van der Waals surface area contributed by atoms with Crippen molar-refractivity contribution in [3.8, 4) is 11.4 Å². The number of hydrogen-bond acceptors (Lipinski definition) is 5. The fourth-order valence-corrected chi connectivity index (χ4v) is 3.23. The molecule has 0 radical (unpaired) electrons. The second-order valence-electron chi connectivity index (χ2n) is 7.17. The highest BCUT2D eigenvalue weighted by Gasteiger charge is 2.14. The molecule has 1 N–H and O–H groups in total. The number of rotatable bonds is 9. The lowest BCUT2D eigenvalue weighted by Gasteiger charge is -2.19. The molecule has 0 unspecified atom stereocenters. The van der Waals surface area contributed by atoms with Gasteiger partial charge in [0.2, 0.25) is 17.6 Å². The van der Waals surface area contributed by atoms with Gasteiger partial charge < -0.3 is 14.7 Å². The van der Waals surface area contributed by atoms with Gasteiger partial charge in [-0.3, -0.25) is 9.59 Å². The molecule has 1 aromatic heterocycles. The Bertz CT molecular complexity index is 1020. The zero-order chi connectivity index (χ0) is 22.2. The second kappa shape index (κ2) is 10.5. The zero-order valence-corrected chi connectivity index (χ0v) is 18.2. The third kappa shape index (κ3) is 5.78. The highest BCUT2D eigenvalue weighted by atomic mass is 16.5. The van der Waals surface area contributed by atoms with Crippen LogP contribution >= 0.6 is 0 Å². The van der Waals surface area contributed by atoms with Gasteiger partial charge in [0.1, 0.15) is 0 Å². The van der Waals surface area contributed by atoms with Crippen LogP contribution in [0.5, 0.6) is 0 Å². The molecule has 0 fully saturated rings. The quantitative estimate of drug-likeness (QED) is 0.556. The van der Waals surface area contributed by atoms with Crippen molar-refractivity contribution in [3.05, 3.63) is 65.5 Å². The van der Waals surface area contributed by atoms with E-state index in [1.54, 1.807) is 29.2 Å². The van der Waals surface area contributed by atoms with Crippen LogP contribution in [-0.4, -0.2) is 39.9 Å². The maximum atomic E-state index is 12.5. The van der Waals surface area contributed by atoms with Crippen molar-refractivity contribution in [1.82, 2.24) is 15.0 Å². The predicted octanol–water partition coefficient (Wildman–Crippen LogP) is 4.35. The molecule has 0 aliphatic rings. The molecular weight excluding hydrogens is 392 g/mol. The standard InChI is InChI=1S/C24H28N4O3/c1-4-17-10-12-18(13-11-17)23-26-22(31-27-23)15-14-21(29)25-20-9-7-8-19(16-20)24(30)28(5-2)6-3/h7-13,16H,4-6,14-15H2,1-3H3,(H,25,29). The Labute approximate surface area is 182 Å². The molecule has 0 spiro atoms. The van der Waals surface area contributed by atoms with Crippen LogP contribution in [0.1, 0.15) is 49.0 Å². The summed E-state index contributed by atoms with van der Waals surface area (Å²) in [6.07, 6.45) is 1.51. The van der Waals surface area contributed by atoms with Crippen LogP contribution in [0.15, 0.2) is 53.1 Å². The van der Waals surface area contributed by atoms with Crippen molar-refractivity contribution < 1.29 is 14.1 Å². The molecule has 0 bridgehead atoms. The first-order chi connectivity index (χ1) is 15.0. The van der Waals surface area contributed by atoms with Crippen molar-refractivity contribution in [2.75, 3.05) is 18.4 Å². The van der Waals surface area contributed by atoms with Crippen molar-refractivity contribution in [1.29, 1.82) is 0 Å². The highest BCUT2D eigenvalue weighted by Crippen LogP contribution is 2.18. The van der Waals surface area contributed by atoms with Gasteiger partial charge in [0.15, 0.2) is 0 Å². The van der Waals surface area contributed by atoms with Crippen LogP contribution in [0.25, 0.3) is 11.4 Å². The van der Waals surface area contributed by atoms with E-state index in [0.717, 1.165) is 12.0 Å². The second-order valence-corrected chi connectivity index (χ2v) is 7.17. The first kappa shape index (κ1) is 22.2. The van der Waals surface area contributed by atoms with Gasteiger partial charge in [-0.25, -0.2) is 0 Å². The monoisotopic (exact) mass is 420 g/mol. The molecule has 2 aromatic carbocycles. The SMILES string of the molecule is CCc1ccc(-c2noc(CCC(=O)Nc3cccc(C(=O)N(CC)CC)c3)n2)cc1. The first-order valence-electron chi connectivity index (χ1n) is 10.6. The van der Waals surface area contributed by atoms with E-state index in [0.29, 0.717) is 42.5 Å². The summed E-state index contributed by atoms with van der Waals surface area (Å²) in [6.45, 7) is 7.26. The molecule has 0 saturated carbocycles. The van der Waals surface area contributed by atoms with Gasteiger partial charge in [-0.2, -0.15) is 4.98 Å². The lowest BCUT2D eigenvalue weighted by Crippen LogP contribution is -2.30. The van der Waals surface area contributed by atoms with E-state index in [-0.39, 0.29) is 18.2 Å². The number of amides is 2. The number of anilines is 1. The number of aromatic nitrogens is 2. The van der Waals surface area contributed by atoms with Gasteiger partial charge in [-0.05, 0) is 44.0 Å². The van der Waals surface area contributed by atoms with Gasteiger partial charge in [-0.15, -0.1) is 0 Å². The van der Waals surface area contributed by atoms with Gasteiger partial charge in [0, 0.05) is 42.7 Å². The summed E-state index contributed by atoms with van der Waals surface area (Å²) in [6, 6.07) is 15.0. The number of benzene rings is 2. The Morgan fingerprint density at radius 2 is 1.77 bits per heavy atom. The van der Waals surface area contributed by atoms with Crippen molar-refractivity contribution >= 4 is 17.5 Å². The van der Waals surface area contributed by atoms with Gasteiger partial charge in [0.05, 0.1) is 0 Å². The number of aryl methyl sites for hydroxylation is 2. The number of carbonyl (C=O) groups excluding carboxylic acids is 2. The van der Waals surface area contributed by atoms with Gasteiger partial charge >= 0.3 is 0 Å². The Balaban J connectivity index is 1.56. The van der Waals surface area contributed by atoms with Crippen molar-refractivity contribution in [3.63, 3.8) is 0 Å². The maximum Gasteiger partial charge on any atom is 0.253 e. The number of nitrogens with zero attached hydrogens (tertiary/aromatic N) is 3. The molecule has 162 valence electrons. The average molecular weight is 421 g/mol. The fraction of sp³-hybridized carbons (Fsp3) is 0.333. The van der Waals surface area contributed by atoms with Crippen LogP contribution in [0, 0.1) is 0 Å². The predicted molar refractivity (Wildman–Crippen MR) is 120 cm³/mol. The van der Waals surface area contributed by atoms with E-state index in [9.17, 15) is 9.59 Å². The molecule has 0 atom stereocenters. The summed E-state index contributed by atoms with van der Waals surface area (Å²) in [5.41, 5.74) is 3.26. The van der Waals surface area contributed by atoms with Crippen LogP contribution in [0.3, 0.4) is 0 Å². The Morgan fingerprint density at radius 1 is 1.03 bits per heavy atom. The zero-order valence-electron chi connectivity index (χ0n) is 18.2. The molecule has 31 heavy (non-hydrogen) atoms. The minimum absolute atomic E-state index is 0.0496. The minimum Gasteiger partial charge on any atom is -0.339 e. The van der Waals surface area contributed by atoms with Crippen molar-refractivity contribution in [2.24, 2.45) is 0 Å². The summed E-state index contributed by atoms with van der Waals surface area (Å²) in [4.78, 5) is 31.0. The number of carbonyl (C=O) groups is 2. The molecule has 2 amide bonds. The molecule has 3 rings (SSSR count). The Morgan fingerprint density at radius 3 is 2.45 bits per heavy atom. The summed E-state index contributed by atoms with van der Waals surface area (Å²) in [5.74, 6) is 0.696. The van der Waals surface area contributed by atoms with Crippen LogP contribution in [-0.2, 0) is 17.6 Å². The summed E-state index contributed by atoms with van der Waals surface area (Å²) >= 11 is 0. The van der Waals surface area contributed by atoms with Crippen LogP contribution in [0.2, 0.25) is 0 Å². The summed E-state index contributed by atoms with van der Waals surface area (Å²) in [5, 5.41) is 6.84. The lowest BCUT2D eigenvalue weighted by molar-refractivity contribution is -0.116. The van der Waals surface area contributed by atoms with Crippen LogP contribution < -0.4 is 5.32 Å². The Kier molecular flexibility index (Phi) is 7.54. The summed E-state index contributed by atoms with van der Waals surface area (Å²) < 4.78 is 5.29. The van der Waals surface area contributed by atoms with E-state index in [2.05, 4.69) is 22.4 Å². The molecule has 7 heteroatoms. The lowest BCUT2D eigenvalue weighted by atomic mass is 10.1. The van der Waals surface area contributed by atoms with E-state index in [1.165, 1.54) is 5.56 Å². The van der Waals surface area contributed by atoms with E-state index in [1.807, 2.05) is 38.1 Å². The van der Waals surface area contributed by atoms with Gasteiger partial charge in [0.25, 0.3) is 5.91 Å². The third-order valence-electron chi connectivity index (χ3n) is 5.10. The smallest absolute Gasteiger partial charge is 0.253 e. The number of nitrogens with one attached hydrogen (secondary N) is 1. The molecule has 7 nitrogen and oxygen atoms in total. The third-order valence-corrected chi connectivity index (χ3v) is 5.10. The molecule has 0 saturated heterocycles. The van der Waals surface area contributed by atoms with Crippen molar-refractivity contribution in [2.45, 2.75) is 40.0 Å². The molecule has 0 aliphatic heterocycles. The Hall–Kier alpha value is -3.48. The topological polar surface area (TPSA) is 88.3 Å². The molecular formula is C24H28N4O3. The fourth-order valence-electron chi connectivity index (χ4n) is 3.23. The van der Waals surface area contributed by atoms with Crippen LogP contribution in [0.4, 0.5) is 5.69 Å². The molecule has 3 aromatic rings. The average Bonchev–Trinajstić information content (AvgIpc) is 3.28.